The average Bonchev–Trinajstić information content (AvgIpc) is 3.43. The minimum absolute atomic E-state index is 0.0370. The van der Waals surface area contributed by atoms with Crippen molar-refractivity contribution >= 4 is 53.0 Å². The molecule has 0 saturated heterocycles. The minimum atomic E-state index is -1.19. The molecule has 4 aromatic rings. The molecule has 2 aliphatic rings. The first kappa shape index (κ1) is 27.6. The Morgan fingerprint density at radius 3 is 1.45 bits per heavy atom. The molecule has 4 aromatic carbocycles. The number of amides is 4. The molecule has 10 heteroatoms. The molecule has 0 fully saturated rings. The van der Waals surface area contributed by atoms with Crippen LogP contribution in [0.2, 0.25) is 0 Å². The van der Waals surface area contributed by atoms with Crippen molar-refractivity contribution in [1.82, 2.24) is 0 Å². The standard InChI is InChI=1S/C34H18N2O8/c37-29-25-15-9-21(33(41)42)17-27(25)31(39)35(29)23-11-5-19(6-12-23)3-1-2-4-20-7-13-24(14-8-20)36-30(38)26-16-10-22(34(43)44)18-28(26)32(36)40/h1,3,5-18H,(H,41,42)(H,43,44). The number of benzene rings is 4. The second-order valence-electron chi connectivity index (χ2n) is 9.76. The highest BCUT2D eigenvalue weighted by molar-refractivity contribution is 6.35. The molecule has 2 heterocycles. The number of allylic oxidation sites excluding steroid dienone is 1. The second kappa shape index (κ2) is 10.7. The fourth-order valence-electron chi connectivity index (χ4n) is 4.91. The van der Waals surface area contributed by atoms with E-state index >= 15 is 0 Å². The summed E-state index contributed by atoms with van der Waals surface area (Å²) >= 11 is 0. The van der Waals surface area contributed by atoms with Crippen LogP contribution >= 0.6 is 0 Å². The van der Waals surface area contributed by atoms with Crippen molar-refractivity contribution < 1.29 is 39.0 Å². The maximum Gasteiger partial charge on any atom is 0.335 e. The smallest absolute Gasteiger partial charge is 0.335 e. The van der Waals surface area contributed by atoms with E-state index in [1.54, 1.807) is 60.7 Å². The molecule has 2 aliphatic heterocycles. The SMILES string of the molecule is O=C(O)c1ccc2c(c1)C(=O)N(c1ccc(C#CC=Cc3ccc(N4C(=O)c5ccc(C(=O)O)cc5C4=O)cc3)cc1)C2=O. The summed E-state index contributed by atoms with van der Waals surface area (Å²) in [5, 5.41) is 18.4. The largest absolute Gasteiger partial charge is 0.478 e. The lowest BCUT2D eigenvalue weighted by molar-refractivity contribution is 0.0686. The number of aromatic carboxylic acids is 2. The molecule has 0 unspecified atom stereocenters. The third kappa shape index (κ3) is 4.70. The summed E-state index contributed by atoms with van der Waals surface area (Å²) in [5.74, 6) is 1.20. The molecule has 0 aliphatic carbocycles. The summed E-state index contributed by atoms with van der Waals surface area (Å²) in [6.07, 6.45) is 3.35. The summed E-state index contributed by atoms with van der Waals surface area (Å²) in [6.45, 7) is 0. The molecule has 0 spiro atoms. The van der Waals surface area contributed by atoms with Crippen LogP contribution in [-0.4, -0.2) is 45.8 Å². The Hall–Kier alpha value is -6.60. The van der Waals surface area contributed by atoms with Crippen LogP contribution < -0.4 is 9.80 Å². The van der Waals surface area contributed by atoms with Crippen LogP contribution in [-0.2, 0) is 0 Å². The Bertz CT molecular complexity index is 2050. The van der Waals surface area contributed by atoms with Gasteiger partial charge in [0.05, 0.1) is 44.8 Å². The van der Waals surface area contributed by atoms with E-state index in [2.05, 4.69) is 11.8 Å². The number of fused-ring (bicyclic) bond motifs is 2. The van der Waals surface area contributed by atoms with Crippen LogP contribution in [0.3, 0.4) is 0 Å². The molecule has 212 valence electrons. The van der Waals surface area contributed by atoms with Crippen LogP contribution in [0, 0.1) is 11.8 Å². The molecule has 2 N–H and O–H groups in total. The maximum absolute atomic E-state index is 12.9. The van der Waals surface area contributed by atoms with Gasteiger partial charge < -0.3 is 10.2 Å². The number of carboxylic acids is 2. The lowest BCUT2D eigenvalue weighted by Gasteiger charge is -2.13. The summed E-state index contributed by atoms with van der Waals surface area (Å²) in [6, 6.07) is 20.7. The Kier molecular flexibility index (Phi) is 6.68. The second-order valence-corrected chi connectivity index (χ2v) is 9.76. The number of carboxylic acid groups (broad SMARTS) is 2. The van der Waals surface area contributed by atoms with Crippen molar-refractivity contribution in [3.8, 4) is 11.8 Å². The maximum atomic E-state index is 12.9. The first-order valence-corrected chi connectivity index (χ1v) is 13.0. The van der Waals surface area contributed by atoms with Gasteiger partial charge in [-0.25, -0.2) is 19.4 Å². The van der Waals surface area contributed by atoms with Crippen LogP contribution in [0.5, 0.6) is 0 Å². The highest BCUT2D eigenvalue weighted by Gasteiger charge is 2.38. The Labute approximate surface area is 249 Å². The third-order valence-electron chi connectivity index (χ3n) is 7.12. The first-order chi connectivity index (χ1) is 21.1. The average molecular weight is 583 g/mol. The number of hydrogen-bond acceptors (Lipinski definition) is 6. The van der Waals surface area contributed by atoms with Gasteiger partial charge in [0.15, 0.2) is 0 Å². The van der Waals surface area contributed by atoms with E-state index in [1.807, 2.05) is 0 Å². The summed E-state index contributed by atoms with van der Waals surface area (Å²) in [7, 11) is 0. The number of rotatable bonds is 5. The fourth-order valence-corrected chi connectivity index (χ4v) is 4.91. The van der Waals surface area contributed by atoms with E-state index < -0.39 is 35.6 Å². The molecule has 44 heavy (non-hydrogen) atoms. The number of carbonyl (C=O) groups is 6. The number of imide groups is 2. The van der Waals surface area contributed by atoms with Crippen molar-refractivity contribution in [3.05, 3.63) is 136 Å². The molecule has 0 bridgehead atoms. The molecule has 6 rings (SSSR count). The van der Waals surface area contributed by atoms with Gasteiger partial charge in [0.1, 0.15) is 0 Å². The van der Waals surface area contributed by atoms with Gasteiger partial charge in [-0.15, -0.1) is 0 Å². The Morgan fingerprint density at radius 1 is 0.568 bits per heavy atom. The minimum Gasteiger partial charge on any atom is -0.478 e. The van der Waals surface area contributed by atoms with Crippen molar-refractivity contribution in [3.63, 3.8) is 0 Å². The van der Waals surface area contributed by atoms with Gasteiger partial charge in [-0.05, 0) is 90.5 Å². The zero-order valence-electron chi connectivity index (χ0n) is 22.5. The Balaban J connectivity index is 1.12. The monoisotopic (exact) mass is 582 g/mol. The van der Waals surface area contributed by atoms with Gasteiger partial charge in [0, 0.05) is 5.56 Å². The number of carbonyl (C=O) groups excluding carboxylic acids is 4. The van der Waals surface area contributed by atoms with E-state index in [0.717, 1.165) is 15.4 Å². The molecule has 0 radical (unpaired) electrons. The molecule has 0 saturated carbocycles. The number of anilines is 2. The Morgan fingerprint density at radius 2 is 1.00 bits per heavy atom. The van der Waals surface area contributed by atoms with Gasteiger partial charge in [-0.1, -0.05) is 24.0 Å². The molecule has 0 atom stereocenters. The molecular weight excluding hydrogens is 564 g/mol. The van der Waals surface area contributed by atoms with Crippen LogP contribution in [0.1, 0.15) is 73.3 Å². The molecule has 10 nitrogen and oxygen atoms in total. The predicted octanol–water partition coefficient (Wildman–Crippen LogP) is 4.75. The zero-order valence-corrected chi connectivity index (χ0v) is 22.5. The summed E-state index contributed by atoms with van der Waals surface area (Å²) < 4.78 is 0. The van der Waals surface area contributed by atoms with Gasteiger partial charge in [0.2, 0.25) is 0 Å². The summed E-state index contributed by atoms with van der Waals surface area (Å²) in [4.78, 5) is 75.8. The zero-order chi connectivity index (χ0) is 31.1. The quantitative estimate of drug-likeness (QED) is 0.253. The van der Waals surface area contributed by atoms with Gasteiger partial charge >= 0.3 is 11.9 Å². The van der Waals surface area contributed by atoms with E-state index in [9.17, 15) is 39.0 Å². The van der Waals surface area contributed by atoms with E-state index in [1.165, 1.54) is 36.4 Å². The lowest BCUT2D eigenvalue weighted by atomic mass is 10.1. The highest BCUT2D eigenvalue weighted by atomic mass is 16.4. The number of nitrogens with zero attached hydrogens (tertiary/aromatic N) is 2. The van der Waals surface area contributed by atoms with Crippen molar-refractivity contribution in [2.24, 2.45) is 0 Å². The fraction of sp³-hybridized carbons (Fsp3) is 0. The lowest BCUT2D eigenvalue weighted by Crippen LogP contribution is -2.29. The highest BCUT2D eigenvalue weighted by Crippen LogP contribution is 2.31. The van der Waals surface area contributed by atoms with Gasteiger partial charge in [-0.2, -0.15) is 0 Å². The van der Waals surface area contributed by atoms with Gasteiger partial charge in [-0.3, -0.25) is 19.2 Å². The number of hydrogen-bond donors (Lipinski definition) is 2. The van der Waals surface area contributed by atoms with Crippen molar-refractivity contribution in [2.45, 2.75) is 0 Å². The molecular formula is C34H18N2O8. The molecule has 4 amide bonds. The predicted molar refractivity (Wildman–Crippen MR) is 158 cm³/mol. The van der Waals surface area contributed by atoms with Gasteiger partial charge in [0.25, 0.3) is 23.6 Å². The van der Waals surface area contributed by atoms with Crippen molar-refractivity contribution in [1.29, 1.82) is 0 Å². The van der Waals surface area contributed by atoms with Crippen LogP contribution in [0.15, 0.2) is 91.0 Å². The normalized spacial score (nSPS) is 13.6. The van der Waals surface area contributed by atoms with E-state index in [4.69, 9.17) is 0 Å². The van der Waals surface area contributed by atoms with Crippen LogP contribution in [0.25, 0.3) is 6.08 Å². The molecule has 0 aromatic heterocycles. The van der Waals surface area contributed by atoms with Crippen LogP contribution in [0.4, 0.5) is 11.4 Å². The third-order valence-corrected chi connectivity index (χ3v) is 7.12. The van der Waals surface area contributed by atoms with E-state index in [0.29, 0.717) is 16.9 Å². The first-order valence-electron chi connectivity index (χ1n) is 13.0. The summed E-state index contributed by atoms with van der Waals surface area (Å²) in [5.41, 5.74) is 2.24. The van der Waals surface area contributed by atoms with E-state index in [-0.39, 0.29) is 33.4 Å². The topological polar surface area (TPSA) is 149 Å². The van der Waals surface area contributed by atoms with Crippen molar-refractivity contribution in [2.75, 3.05) is 9.80 Å².